The standard InChI is InChI=1S/C22H32N2O3/c1-27-17-19-7-10-20(11-8-19)22(26)24-15-13-23(14-16-24)21(25)12-9-18-5-3-2-4-6-18/h7-8,10-11,18H,2-6,9,12-17H2,1H3. The monoisotopic (exact) mass is 372 g/mol. The van der Waals surface area contributed by atoms with E-state index in [9.17, 15) is 9.59 Å². The van der Waals surface area contributed by atoms with Crippen molar-refractivity contribution in [3.05, 3.63) is 35.4 Å². The maximum Gasteiger partial charge on any atom is 0.253 e. The molecule has 0 radical (unpaired) electrons. The van der Waals surface area contributed by atoms with E-state index in [4.69, 9.17) is 4.74 Å². The van der Waals surface area contributed by atoms with Gasteiger partial charge in [-0.3, -0.25) is 9.59 Å². The number of rotatable bonds is 6. The molecule has 3 rings (SSSR count). The number of carbonyl (C=O) groups is 2. The molecule has 1 heterocycles. The van der Waals surface area contributed by atoms with Gasteiger partial charge < -0.3 is 14.5 Å². The van der Waals surface area contributed by atoms with Crippen molar-refractivity contribution in [2.75, 3.05) is 33.3 Å². The topological polar surface area (TPSA) is 49.9 Å². The Morgan fingerprint density at radius 1 is 0.963 bits per heavy atom. The molecule has 1 aromatic carbocycles. The lowest BCUT2D eigenvalue weighted by molar-refractivity contribution is -0.133. The molecule has 0 spiro atoms. The van der Waals surface area contributed by atoms with Crippen molar-refractivity contribution in [3.8, 4) is 0 Å². The number of carbonyl (C=O) groups excluding carboxylic acids is 2. The highest BCUT2D eigenvalue weighted by molar-refractivity contribution is 5.94. The van der Waals surface area contributed by atoms with E-state index >= 15 is 0 Å². The van der Waals surface area contributed by atoms with Crippen LogP contribution in [0.25, 0.3) is 0 Å². The van der Waals surface area contributed by atoms with Gasteiger partial charge in [-0.15, -0.1) is 0 Å². The molecule has 0 N–H and O–H groups in total. The second-order valence-electron chi connectivity index (χ2n) is 7.85. The van der Waals surface area contributed by atoms with Crippen LogP contribution in [0.1, 0.15) is 60.9 Å². The Bertz CT molecular complexity index is 615. The van der Waals surface area contributed by atoms with Crippen LogP contribution in [0.5, 0.6) is 0 Å². The molecule has 2 amide bonds. The minimum absolute atomic E-state index is 0.0493. The van der Waals surface area contributed by atoms with Gasteiger partial charge in [0.15, 0.2) is 0 Å². The summed E-state index contributed by atoms with van der Waals surface area (Å²) >= 11 is 0. The first-order valence-electron chi connectivity index (χ1n) is 10.3. The summed E-state index contributed by atoms with van der Waals surface area (Å²) in [6.45, 7) is 3.09. The van der Waals surface area contributed by atoms with Gasteiger partial charge in [-0.05, 0) is 30.0 Å². The van der Waals surface area contributed by atoms with Crippen molar-refractivity contribution < 1.29 is 14.3 Å². The van der Waals surface area contributed by atoms with Gasteiger partial charge in [-0.25, -0.2) is 0 Å². The van der Waals surface area contributed by atoms with Crippen LogP contribution < -0.4 is 0 Å². The third-order valence-corrected chi connectivity index (χ3v) is 5.92. The van der Waals surface area contributed by atoms with E-state index in [1.54, 1.807) is 7.11 Å². The summed E-state index contributed by atoms with van der Waals surface area (Å²) in [6.07, 6.45) is 8.29. The fraction of sp³-hybridized carbons (Fsp3) is 0.636. The quantitative estimate of drug-likeness (QED) is 0.768. The van der Waals surface area contributed by atoms with Crippen LogP contribution >= 0.6 is 0 Å². The van der Waals surface area contributed by atoms with Crippen LogP contribution in [-0.2, 0) is 16.1 Å². The van der Waals surface area contributed by atoms with Gasteiger partial charge in [0.2, 0.25) is 5.91 Å². The van der Waals surface area contributed by atoms with E-state index in [-0.39, 0.29) is 11.8 Å². The Balaban J connectivity index is 1.43. The van der Waals surface area contributed by atoms with Gasteiger partial charge in [0.25, 0.3) is 5.91 Å². The molecule has 0 aromatic heterocycles. The SMILES string of the molecule is COCc1ccc(C(=O)N2CCN(C(=O)CCC3CCCCC3)CC2)cc1. The zero-order valence-electron chi connectivity index (χ0n) is 16.5. The first-order chi connectivity index (χ1) is 13.2. The minimum Gasteiger partial charge on any atom is -0.380 e. The average molecular weight is 373 g/mol. The normalized spacial score (nSPS) is 18.6. The molecule has 2 fully saturated rings. The third-order valence-electron chi connectivity index (χ3n) is 5.92. The second kappa shape index (κ2) is 9.88. The average Bonchev–Trinajstić information content (AvgIpc) is 2.73. The van der Waals surface area contributed by atoms with Crippen molar-refractivity contribution in [1.29, 1.82) is 0 Å². The molecule has 1 aliphatic carbocycles. The van der Waals surface area contributed by atoms with Crippen molar-refractivity contribution in [2.45, 2.75) is 51.6 Å². The van der Waals surface area contributed by atoms with Gasteiger partial charge in [-0.1, -0.05) is 44.2 Å². The zero-order chi connectivity index (χ0) is 19.1. The maximum absolute atomic E-state index is 12.7. The summed E-state index contributed by atoms with van der Waals surface area (Å²) in [6, 6.07) is 7.58. The molecule has 0 unspecified atom stereocenters. The number of benzene rings is 1. The Hall–Kier alpha value is -1.88. The van der Waals surface area contributed by atoms with E-state index in [0.717, 1.165) is 17.9 Å². The Kier molecular flexibility index (Phi) is 7.27. The fourth-order valence-corrected chi connectivity index (χ4v) is 4.21. The predicted molar refractivity (Wildman–Crippen MR) is 105 cm³/mol. The van der Waals surface area contributed by atoms with Crippen molar-refractivity contribution in [3.63, 3.8) is 0 Å². The molecule has 1 aromatic rings. The van der Waals surface area contributed by atoms with E-state index in [0.29, 0.717) is 44.8 Å². The molecule has 1 saturated carbocycles. The van der Waals surface area contributed by atoms with Crippen LogP contribution in [0.4, 0.5) is 0 Å². The summed E-state index contributed by atoms with van der Waals surface area (Å²) in [5.41, 5.74) is 1.76. The lowest BCUT2D eigenvalue weighted by atomic mass is 9.86. The molecule has 5 nitrogen and oxygen atoms in total. The Labute approximate surface area is 162 Å². The van der Waals surface area contributed by atoms with Crippen molar-refractivity contribution in [2.24, 2.45) is 5.92 Å². The molecule has 1 saturated heterocycles. The molecular weight excluding hydrogens is 340 g/mol. The highest BCUT2D eigenvalue weighted by Crippen LogP contribution is 2.27. The Morgan fingerprint density at radius 2 is 1.59 bits per heavy atom. The van der Waals surface area contributed by atoms with E-state index in [1.165, 1.54) is 32.1 Å². The van der Waals surface area contributed by atoms with Gasteiger partial charge in [0.05, 0.1) is 6.61 Å². The van der Waals surface area contributed by atoms with Crippen LogP contribution in [-0.4, -0.2) is 54.9 Å². The summed E-state index contributed by atoms with van der Waals surface area (Å²) in [5, 5.41) is 0. The van der Waals surface area contributed by atoms with E-state index in [2.05, 4.69) is 0 Å². The summed E-state index contributed by atoms with van der Waals surface area (Å²) in [4.78, 5) is 29.0. The summed E-state index contributed by atoms with van der Waals surface area (Å²) in [7, 11) is 1.66. The first-order valence-corrected chi connectivity index (χ1v) is 10.3. The minimum atomic E-state index is 0.0493. The van der Waals surface area contributed by atoms with Crippen LogP contribution in [0.15, 0.2) is 24.3 Å². The second-order valence-corrected chi connectivity index (χ2v) is 7.85. The van der Waals surface area contributed by atoms with Gasteiger partial charge in [0.1, 0.15) is 0 Å². The molecule has 5 heteroatoms. The number of ether oxygens (including phenoxy) is 1. The predicted octanol–water partition coefficient (Wildman–Crippen LogP) is 3.48. The van der Waals surface area contributed by atoms with Gasteiger partial charge in [0, 0.05) is 45.3 Å². The molecule has 0 bridgehead atoms. The van der Waals surface area contributed by atoms with Crippen LogP contribution in [0, 0.1) is 5.92 Å². The van der Waals surface area contributed by atoms with Crippen LogP contribution in [0.2, 0.25) is 0 Å². The van der Waals surface area contributed by atoms with E-state index in [1.807, 2.05) is 34.1 Å². The molecule has 1 aliphatic heterocycles. The number of hydrogen-bond acceptors (Lipinski definition) is 3. The zero-order valence-corrected chi connectivity index (χ0v) is 16.5. The van der Waals surface area contributed by atoms with Crippen LogP contribution in [0.3, 0.4) is 0 Å². The van der Waals surface area contributed by atoms with E-state index < -0.39 is 0 Å². The van der Waals surface area contributed by atoms with Crippen molar-refractivity contribution >= 4 is 11.8 Å². The number of piperazine rings is 1. The molecule has 0 atom stereocenters. The highest BCUT2D eigenvalue weighted by Gasteiger charge is 2.25. The smallest absolute Gasteiger partial charge is 0.253 e. The third kappa shape index (κ3) is 5.55. The Morgan fingerprint density at radius 3 is 2.22 bits per heavy atom. The number of nitrogens with zero attached hydrogens (tertiary/aromatic N) is 2. The number of amides is 2. The largest absolute Gasteiger partial charge is 0.380 e. The summed E-state index contributed by atoms with van der Waals surface area (Å²) in [5.74, 6) is 1.05. The first kappa shape index (κ1) is 19.9. The maximum atomic E-state index is 12.7. The van der Waals surface area contributed by atoms with Gasteiger partial charge >= 0.3 is 0 Å². The number of methoxy groups -OCH3 is 1. The fourth-order valence-electron chi connectivity index (χ4n) is 4.21. The lowest BCUT2D eigenvalue weighted by Crippen LogP contribution is -2.50. The van der Waals surface area contributed by atoms with Crippen molar-refractivity contribution in [1.82, 2.24) is 9.80 Å². The molecule has 2 aliphatic rings. The molecular formula is C22H32N2O3. The van der Waals surface area contributed by atoms with Gasteiger partial charge in [-0.2, -0.15) is 0 Å². The summed E-state index contributed by atoms with van der Waals surface area (Å²) < 4.78 is 5.10. The lowest BCUT2D eigenvalue weighted by Gasteiger charge is -2.35. The highest BCUT2D eigenvalue weighted by atomic mass is 16.5. The molecule has 148 valence electrons. The number of hydrogen-bond donors (Lipinski definition) is 0. The molecule has 27 heavy (non-hydrogen) atoms.